The number of hydrogen-bond acceptors (Lipinski definition) is 6. The maximum Gasteiger partial charge on any atom is 0.332 e. The number of urea groups is 1. The Morgan fingerprint density at radius 2 is 1.77 bits per heavy atom. The average molecular weight is 597 g/mol. The Bertz CT molecular complexity index is 1830. The molecule has 3 atom stereocenters. The number of rotatable bonds is 9. The van der Waals surface area contributed by atoms with Crippen LogP contribution in [0, 0.1) is 0 Å². The Morgan fingerprint density at radius 1 is 1.02 bits per heavy atom. The Kier molecular flexibility index (Phi) is 7.25. The van der Waals surface area contributed by atoms with Gasteiger partial charge in [-0.25, -0.2) is 14.5 Å². The summed E-state index contributed by atoms with van der Waals surface area (Å²) in [7, 11) is 1.54. The number of carboxylic acid groups (broad SMARTS) is 2. The number of amides is 4. The van der Waals surface area contributed by atoms with Gasteiger partial charge in [0, 0.05) is 29.4 Å². The van der Waals surface area contributed by atoms with Crippen molar-refractivity contribution in [3.05, 3.63) is 95.2 Å². The molecular formula is C32H28N4O8. The quantitative estimate of drug-likeness (QED) is 0.212. The van der Waals surface area contributed by atoms with Crippen LogP contribution >= 0.6 is 0 Å². The van der Waals surface area contributed by atoms with Gasteiger partial charge >= 0.3 is 18.0 Å². The van der Waals surface area contributed by atoms with Crippen LogP contribution in [0.5, 0.6) is 5.75 Å². The molecule has 1 saturated heterocycles. The highest BCUT2D eigenvalue weighted by Gasteiger charge is 2.53. The van der Waals surface area contributed by atoms with Crippen LogP contribution in [0.1, 0.15) is 46.1 Å². The van der Waals surface area contributed by atoms with Crippen LogP contribution in [-0.2, 0) is 20.8 Å². The zero-order chi connectivity index (χ0) is 31.1. The number of nitrogens with one attached hydrogen (secondary N) is 2. The molecule has 12 nitrogen and oxygen atoms in total. The smallest absolute Gasteiger partial charge is 0.332 e. The van der Waals surface area contributed by atoms with E-state index in [9.17, 15) is 29.1 Å². The number of nitrogens with zero attached hydrogens (tertiary/aromatic N) is 2. The number of imide groups is 1. The molecule has 0 spiro atoms. The van der Waals surface area contributed by atoms with Crippen molar-refractivity contribution in [3.63, 3.8) is 0 Å². The molecule has 3 heterocycles. The van der Waals surface area contributed by atoms with E-state index < -0.39 is 54.3 Å². The van der Waals surface area contributed by atoms with E-state index in [1.807, 2.05) is 42.5 Å². The van der Waals surface area contributed by atoms with Gasteiger partial charge in [-0.1, -0.05) is 42.5 Å². The summed E-state index contributed by atoms with van der Waals surface area (Å²) in [5.74, 6) is -3.42. The zero-order valence-electron chi connectivity index (χ0n) is 23.5. The number of para-hydroxylation sites is 2. The normalized spacial score (nSPS) is 18.1. The largest absolute Gasteiger partial charge is 0.497 e. The molecule has 4 aromatic rings. The summed E-state index contributed by atoms with van der Waals surface area (Å²) < 4.78 is 5.45. The van der Waals surface area contributed by atoms with E-state index >= 15 is 0 Å². The average Bonchev–Trinajstić information content (AvgIpc) is 3.51. The van der Waals surface area contributed by atoms with Gasteiger partial charge in [0.25, 0.3) is 11.8 Å². The van der Waals surface area contributed by atoms with Gasteiger partial charge in [0.1, 0.15) is 23.9 Å². The molecule has 12 heteroatoms. The molecule has 0 saturated carbocycles. The number of carbonyl (C=O) groups is 5. The van der Waals surface area contributed by atoms with E-state index in [0.29, 0.717) is 5.75 Å². The molecule has 0 bridgehead atoms. The lowest BCUT2D eigenvalue weighted by Crippen LogP contribution is -2.44. The third-order valence-corrected chi connectivity index (χ3v) is 8.10. The minimum atomic E-state index is -1.49. The van der Waals surface area contributed by atoms with Crippen LogP contribution in [0.25, 0.3) is 10.9 Å². The topological polar surface area (TPSA) is 169 Å². The fourth-order valence-corrected chi connectivity index (χ4v) is 6.08. The van der Waals surface area contributed by atoms with Crippen LogP contribution in [0.2, 0.25) is 0 Å². The number of fused-ring (bicyclic) bond motifs is 4. The molecule has 4 N–H and O–H groups in total. The van der Waals surface area contributed by atoms with Gasteiger partial charge < -0.3 is 25.3 Å². The lowest BCUT2D eigenvalue weighted by atomic mass is 9.89. The second kappa shape index (κ2) is 11.2. The number of aromatic amines is 1. The number of methoxy groups -OCH3 is 1. The fraction of sp³-hybridized carbons (Fsp3) is 0.219. The Labute approximate surface area is 250 Å². The lowest BCUT2D eigenvalue weighted by molar-refractivity contribution is -0.140. The van der Waals surface area contributed by atoms with Crippen molar-refractivity contribution < 1.29 is 38.9 Å². The number of anilines is 1. The molecule has 6 rings (SSSR count). The van der Waals surface area contributed by atoms with E-state index in [-0.39, 0.29) is 24.1 Å². The number of H-pyrrole nitrogens is 1. The van der Waals surface area contributed by atoms with Gasteiger partial charge in [-0.2, -0.15) is 0 Å². The van der Waals surface area contributed by atoms with Crippen molar-refractivity contribution >= 4 is 46.4 Å². The Morgan fingerprint density at radius 3 is 2.52 bits per heavy atom. The van der Waals surface area contributed by atoms with Gasteiger partial charge in [-0.05, 0) is 47.9 Å². The van der Waals surface area contributed by atoms with Crippen LogP contribution in [0.4, 0.5) is 10.5 Å². The van der Waals surface area contributed by atoms with E-state index in [0.717, 1.165) is 32.6 Å². The first-order valence-corrected chi connectivity index (χ1v) is 13.9. The second-order valence-electron chi connectivity index (χ2n) is 10.6. The standard InChI is InChI=1S/C32H28N4O8/c1-44-18-8-6-7-17(15-18)28-27-21(19-9-2-4-11-22(19)33-27)16-25-30(40)36(32(43)35(25)28)24-12-5-3-10-20(24)29(39)34-23(31(41)42)13-14-26(37)38/h2-12,15,23,25,28,33H,13-14,16H2,1H3,(H,34,39)(H,37,38)(H,41,42)/t23-,25-,28?/m0/s1. The van der Waals surface area contributed by atoms with Crippen molar-refractivity contribution in [3.8, 4) is 5.75 Å². The van der Waals surface area contributed by atoms with E-state index in [2.05, 4.69) is 10.3 Å². The number of carboxylic acids is 2. The van der Waals surface area contributed by atoms with Crippen molar-refractivity contribution in [1.82, 2.24) is 15.2 Å². The highest BCUT2D eigenvalue weighted by Crippen LogP contribution is 2.45. The van der Waals surface area contributed by atoms with Gasteiger partial charge in [-0.15, -0.1) is 0 Å². The van der Waals surface area contributed by atoms with Crippen LogP contribution < -0.4 is 15.0 Å². The molecule has 3 aromatic carbocycles. The minimum Gasteiger partial charge on any atom is -0.497 e. The van der Waals surface area contributed by atoms with Gasteiger partial charge in [0.05, 0.1) is 18.4 Å². The summed E-state index contributed by atoms with van der Waals surface area (Å²) in [6.07, 6.45) is -0.575. The molecule has 4 amide bonds. The predicted molar refractivity (Wildman–Crippen MR) is 158 cm³/mol. The summed E-state index contributed by atoms with van der Waals surface area (Å²) in [5.41, 5.74) is 3.17. The zero-order valence-corrected chi connectivity index (χ0v) is 23.5. The summed E-state index contributed by atoms with van der Waals surface area (Å²) in [5, 5.41) is 21.8. The maximum absolute atomic E-state index is 14.3. The third-order valence-electron chi connectivity index (χ3n) is 8.10. The first-order chi connectivity index (χ1) is 21.2. The first-order valence-electron chi connectivity index (χ1n) is 13.9. The molecule has 0 aliphatic carbocycles. The van der Waals surface area contributed by atoms with E-state index in [1.165, 1.54) is 23.1 Å². The number of aliphatic carboxylic acids is 2. The highest BCUT2D eigenvalue weighted by molar-refractivity contribution is 6.24. The maximum atomic E-state index is 14.3. The van der Waals surface area contributed by atoms with Crippen molar-refractivity contribution in [2.24, 2.45) is 0 Å². The second-order valence-corrected chi connectivity index (χ2v) is 10.6. The lowest BCUT2D eigenvalue weighted by Gasteiger charge is -2.36. The summed E-state index contributed by atoms with van der Waals surface area (Å²) >= 11 is 0. The summed E-state index contributed by atoms with van der Waals surface area (Å²) in [4.78, 5) is 70.5. The van der Waals surface area contributed by atoms with Crippen molar-refractivity contribution in [1.29, 1.82) is 0 Å². The SMILES string of the molecule is COc1cccc(C2c3[nH]c4ccccc4c3C[C@H]3C(=O)N(c4ccccc4C(=O)N[C@@H](CCC(=O)O)C(=O)O)C(=O)N23)c1. The molecule has 224 valence electrons. The van der Waals surface area contributed by atoms with Crippen molar-refractivity contribution in [2.75, 3.05) is 12.0 Å². The number of ether oxygens (including phenoxy) is 1. The number of carbonyl (C=O) groups excluding carboxylic acids is 3. The third kappa shape index (κ3) is 4.79. The molecule has 1 aromatic heterocycles. The summed E-state index contributed by atoms with van der Waals surface area (Å²) in [6, 6.07) is 17.2. The molecule has 2 aliphatic heterocycles. The molecular weight excluding hydrogens is 568 g/mol. The number of aromatic nitrogens is 1. The van der Waals surface area contributed by atoms with Crippen molar-refractivity contribution in [2.45, 2.75) is 37.4 Å². The van der Waals surface area contributed by atoms with Gasteiger partial charge in [0.15, 0.2) is 0 Å². The highest BCUT2D eigenvalue weighted by atomic mass is 16.5. The molecule has 44 heavy (non-hydrogen) atoms. The fourth-order valence-electron chi connectivity index (χ4n) is 6.08. The molecule has 1 fully saturated rings. The first kappa shape index (κ1) is 28.5. The van der Waals surface area contributed by atoms with Crippen LogP contribution in [0.3, 0.4) is 0 Å². The van der Waals surface area contributed by atoms with Crippen LogP contribution in [-0.4, -0.2) is 69.1 Å². The minimum absolute atomic E-state index is 0.00492. The van der Waals surface area contributed by atoms with Crippen LogP contribution in [0.15, 0.2) is 72.8 Å². The Balaban J connectivity index is 1.41. The van der Waals surface area contributed by atoms with Gasteiger partial charge in [-0.3, -0.25) is 19.3 Å². The monoisotopic (exact) mass is 596 g/mol. The number of hydrogen-bond donors (Lipinski definition) is 4. The molecule has 1 unspecified atom stereocenters. The van der Waals surface area contributed by atoms with E-state index in [4.69, 9.17) is 9.84 Å². The Hall–Kier alpha value is -5.65. The predicted octanol–water partition coefficient (Wildman–Crippen LogP) is 3.71. The van der Waals surface area contributed by atoms with E-state index in [1.54, 1.807) is 19.2 Å². The van der Waals surface area contributed by atoms with Gasteiger partial charge in [0.2, 0.25) is 0 Å². The molecule has 0 radical (unpaired) electrons. The summed E-state index contributed by atoms with van der Waals surface area (Å²) in [6.45, 7) is 0. The number of benzene rings is 3. The molecule has 2 aliphatic rings.